The number of carbonyl (C=O) groups excluding carboxylic acids is 1. The van der Waals surface area contributed by atoms with Crippen LogP contribution in [0.4, 0.5) is 0 Å². The molecule has 1 aliphatic rings. The molecule has 0 bridgehead atoms. The lowest BCUT2D eigenvalue weighted by Crippen LogP contribution is -2.36. The monoisotopic (exact) mass is 331 g/mol. The van der Waals surface area contributed by atoms with Crippen LogP contribution >= 0.6 is 11.6 Å². The van der Waals surface area contributed by atoms with Crippen molar-refractivity contribution < 1.29 is 9.32 Å². The topological polar surface area (TPSA) is 59.2 Å². The Kier molecular flexibility index (Phi) is 4.76. The Morgan fingerprint density at radius 2 is 2.09 bits per heavy atom. The number of hydrogen-bond acceptors (Lipinski definition) is 4. The molecule has 3 rings (SSSR count). The molecule has 2 aromatic rings. The number of piperidine rings is 1. The van der Waals surface area contributed by atoms with Gasteiger partial charge in [-0.1, -0.05) is 35.0 Å². The second-order valence-electron chi connectivity index (χ2n) is 5.63. The third-order valence-corrected chi connectivity index (χ3v) is 4.35. The summed E-state index contributed by atoms with van der Waals surface area (Å²) in [6.45, 7) is 3.20. The molecule has 2 heterocycles. The molecule has 1 fully saturated rings. The van der Waals surface area contributed by atoms with Crippen LogP contribution in [0.25, 0.3) is 6.08 Å². The molecule has 1 amide bonds. The molecule has 1 saturated heterocycles. The minimum atomic E-state index is 0.00470. The lowest BCUT2D eigenvalue weighted by atomic mass is 9.96. The maximum atomic E-state index is 12.3. The molecule has 1 aliphatic heterocycles. The lowest BCUT2D eigenvalue weighted by molar-refractivity contribution is -0.127. The van der Waals surface area contributed by atoms with E-state index in [1.165, 1.54) is 0 Å². The van der Waals surface area contributed by atoms with Gasteiger partial charge in [0.15, 0.2) is 5.82 Å². The van der Waals surface area contributed by atoms with Gasteiger partial charge in [0.25, 0.3) is 0 Å². The van der Waals surface area contributed by atoms with E-state index >= 15 is 0 Å². The molecule has 0 unspecified atom stereocenters. The second kappa shape index (κ2) is 6.96. The summed E-state index contributed by atoms with van der Waals surface area (Å²) in [4.78, 5) is 18.4. The summed E-state index contributed by atoms with van der Waals surface area (Å²) in [5.41, 5.74) is 0.846. The minimum absolute atomic E-state index is 0.00470. The molecule has 0 atom stereocenters. The summed E-state index contributed by atoms with van der Waals surface area (Å²) in [6, 6.07) is 7.46. The zero-order valence-electron chi connectivity index (χ0n) is 12.9. The van der Waals surface area contributed by atoms with Crippen molar-refractivity contribution in [1.29, 1.82) is 0 Å². The molecule has 23 heavy (non-hydrogen) atoms. The third-order valence-electron chi connectivity index (χ3n) is 4.01. The molecule has 0 spiro atoms. The van der Waals surface area contributed by atoms with E-state index in [1.807, 2.05) is 36.1 Å². The number of aromatic nitrogens is 2. The lowest BCUT2D eigenvalue weighted by Gasteiger charge is -2.29. The van der Waals surface area contributed by atoms with Gasteiger partial charge in [0.1, 0.15) is 0 Å². The summed E-state index contributed by atoms with van der Waals surface area (Å²) >= 11 is 6.08. The van der Waals surface area contributed by atoms with Crippen LogP contribution in [0.1, 0.15) is 36.0 Å². The molecular weight excluding hydrogens is 314 g/mol. The maximum Gasteiger partial charge on any atom is 0.246 e. The predicted molar refractivity (Wildman–Crippen MR) is 88.1 cm³/mol. The maximum absolute atomic E-state index is 12.3. The summed E-state index contributed by atoms with van der Waals surface area (Å²) in [6.07, 6.45) is 5.02. The number of aryl methyl sites for hydroxylation is 1. The van der Waals surface area contributed by atoms with Crippen LogP contribution in [0.3, 0.4) is 0 Å². The van der Waals surface area contributed by atoms with Crippen LogP contribution in [0.2, 0.25) is 5.02 Å². The van der Waals surface area contributed by atoms with Crippen molar-refractivity contribution in [3.8, 4) is 0 Å². The van der Waals surface area contributed by atoms with Crippen LogP contribution in [0.15, 0.2) is 34.9 Å². The smallest absolute Gasteiger partial charge is 0.246 e. The zero-order chi connectivity index (χ0) is 16.2. The van der Waals surface area contributed by atoms with Crippen molar-refractivity contribution in [2.75, 3.05) is 13.1 Å². The molecule has 0 N–H and O–H groups in total. The van der Waals surface area contributed by atoms with Crippen molar-refractivity contribution in [2.24, 2.45) is 0 Å². The van der Waals surface area contributed by atoms with E-state index in [1.54, 1.807) is 12.2 Å². The fourth-order valence-corrected chi connectivity index (χ4v) is 2.90. The van der Waals surface area contributed by atoms with Crippen LogP contribution in [-0.2, 0) is 4.79 Å². The van der Waals surface area contributed by atoms with Gasteiger partial charge in [0.2, 0.25) is 11.8 Å². The van der Waals surface area contributed by atoms with Gasteiger partial charge < -0.3 is 9.42 Å². The number of carbonyl (C=O) groups is 1. The van der Waals surface area contributed by atoms with E-state index in [4.69, 9.17) is 16.1 Å². The van der Waals surface area contributed by atoms with Gasteiger partial charge in [-0.05, 0) is 37.5 Å². The average Bonchev–Trinajstić information content (AvgIpc) is 3.00. The summed E-state index contributed by atoms with van der Waals surface area (Å²) in [5.74, 6) is 1.58. The van der Waals surface area contributed by atoms with E-state index in [0.717, 1.165) is 18.4 Å². The van der Waals surface area contributed by atoms with Gasteiger partial charge in [0, 0.05) is 30.1 Å². The molecule has 0 radical (unpaired) electrons. The molecule has 6 heteroatoms. The molecule has 0 saturated carbocycles. The Balaban J connectivity index is 1.57. The number of amides is 1. The van der Waals surface area contributed by atoms with Crippen molar-refractivity contribution in [1.82, 2.24) is 15.0 Å². The van der Waals surface area contributed by atoms with E-state index in [0.29, 0.717) is 29.8 Å². The summed E-state index contributed by atoms with van der Waals surface area (Å²) < 4.78 is 5.22. The molecular formula is C17H18ClN3O2. The first-order valence-electron chi connectivity index (χ1n) is 7.65. The SMILES string of the molecule is Cc1noc(C2CCN(C(=O)/C=C/c3ccccc3Cl)CC2)n1. The molecule has 0 aliphatic carbocycles. The number of hydrogen-bond donors (Lipinski definition) is 0. The summed E-state index contributed by atoms with van der Waals surface area (Å²) in [7, 11) is 0. The van der Waals surface area contributed by atoms with Gasteiger partial charge in [-0.15, -0.1) is 0 Å². The van der Waals surface area contributed by atoms with Crippen molar-refractivity contribution in [3.05, 3.63) is 52.6 Å². The van der Waals surface area contributed by atoms with Gasteiger partial charge in [0.05, 0.1) is 0 Å². The van der Waals surface area contributed by atoms with E-state index < -0.39 is 0 Å². The molecule has 5 nitrogen and oxygen atoms in total. The fourth-order valence-electron chi connectivity index (χ4n) is 2.70. The molecule has 120 valence electrons. The van der Waals surface area contributed by atoms with E-state index in [-0.39, 0.29) is 11.8 Å². The van der Waals surface area contributed by atoms with Gasteiger partial charge >= 0.3 is 0 Å². The largest absolute Gasteiger partial charge is 0.339 e. The standard InChI is InChI=1S/C17H18ClN3O2/c1-12-19-17(23-20-12)14-8-10-21(11-9-14)16(22)7-6-13-4-2-3-5-15(13)18/h2-7,14H,8-11H2,1H3/b7-6+. The van der Waals surface area contributed by atoms with E-state index in [2.05, 4.69) is 10.1 Å². The quantitative estimate of drug-likeness (QED) is 0.808. The highest BCUT2D eigenvalue weighted by Crippen LogP contribution is 2.27. The van der Waals surface area contributed by atoms with Crippen molar-refractivity contribution in [3.63, 3.8) is 0 Å². The first kappa shape index (κ1) is 15.7. The number of nitrogens with zero attached hydrogens (tertiary/aromatic N) is 3. The highest BCUT2D eigenvalue weighted by atomic mass is 35.5. The first-order valence-corrected chi connectivity index (χ1v) is 8.03. The number of rotatable bonds is 3. The predicted octanol–water partition coefficient (Wildman–Crippen LogP) is 3.45. The number of halogens is 1. The fraction of sp³-hybridized carbons (Fsp3) is 0.353. The van der Waals surface area contributed by atoms with Gasteiger partial charge in [-0.25, -0.2) is 0 Å². The first-order chi connectivity index (χ1) is 11.1. The number of benzene rings is 1. The Hall–Kier alpha value is -2.14. The third kappa shape index (κ3) is 3.79. The van der Waals surface area contributed by atoms with Crippen LogP contribution in [-0.4, -0.2) is 34.0 Å². The number of likely N-dealkylation sites (tertiary alicyclic amines) is 1. The normalized spacial score (nSPS) is 16.2. The minimum Gasteiger partial charge on any atom is -0.339 e. The van der Waals surface area contributed by atoms with Crippen molar-refractivity contribution >= 4 is 23.6 Å². The Morgan fingerprint density at radius 1 is 1.35 bits per heavy atom. The average molecular weight is 332 g/mol. The van der Waals surface area contributed by atoms with Crippen LogP contribution in [0.5, 0.6) is 0 Å². The molecule has 1 aromatic carbocycles. The van der Waals surface area contributed by atoms with E-state index in [9.17, 15) is 4.79 Å². The van der Waals surface area contributed by atoms with Crippen LogP contribution in [0, 0.1) is 6.92 Å². The summed E-state index contributed by atoms with van der Waals surface area (Å²) in [5, 5.41) is 4.47. The highest BCUT2D eigenvalue weighted by molar-refractivity contribution is 6.32. The van der Waals surface area contributed by atoms with Gasteiger partial charge in [-0.3, -0.25) is 4.79 Å². The molecule has 1 aromatic heterocycles. The van der Waals surface area contributed by atoms with Gasteiger partial charge in [-0.2, -0.15) is 4.98 Å². The van der Waals surface area contributed by atoms with Crippen LogP contribution < -0.4 is 0 Å². The zero-order valence-corrected chi connectivity index (χ0v) is 13.7. The Labute approximate surface area is 139 Å². The van der Waals surface area contributed by atoms with Crippen molar-refractivity contribution in [2.45, 2.75) is 25.7 Å². The second-order valence-corrected chi connectivity index (χ2v) is 6.04. The Bertz CT molecular complexity index is 718. The Morgan fingerprint density at radius 3 is 2.74 bits per heavy atom. The highest BCUT2D eigenvalue weighted by Gasteiger charge is 2.26.